The van der Waals surface area contributed by atoms with Gasteiger partial charge in [0.2, 0.25) is 0 Å². The summed E-state index contributed by atoms with van der Waals surface area (Å²) in [6, 6.07) is 12.7. The first-order valence-corrected chi connectivity index (χ1v) is 9.19. The summed E-state index contributed by atoms with van der Waals surface area (Å²) in [5.41, 5.74) is 5.67. The van der Waals surface area contributed by atoms with Gasteiger partial charge in [-0.25, -0.2) is 4.79 Å². The van der Waals surface area contributed by atoms with E-state index in [-0.39, 0.29) is 11.5 Å². The highest BCUT2D eigenvalue weighted by molar-refractivity contribution is 5.74. The molecule has 0 radical (unpaired) electrons. The van der Waals surface area contributed by atoms with Crippen LogP contribution in [0.15, 0.2) is 36.4 Å². The first-order chi connectivity index (χ1) is 12.4. The van der Waals surface area contributed by atoms with Crippen molar-refractivity contribution in [1.29, 1.82) is 0 Å². The van der Waals surface area contributed by atoms with E-state index in [1.54, 1.807) is 7.11 Å². The number of hydrogen-bond donors (Lipinski definition) is 2. The fourth-order valence-corrected chi connectivity index (χ4v) is 4.22. The fraction of sp³-hybridized carbons (Fsp3) is 0.409. The molecular formula is C22H25NO3. The topological polar surface area (TPSA) is 58.6 Å². The van der Waals surface area contributed by atoms with Gasteiger partial charge in [0.1, 0.15) is 5.75 Å². The van der Waals surface area contributed by atoms with E-state index in [0.29, 0.717) is 0 Å². The highest BCUT2D eigenvalue weighted by atomic mass is 16.5. The van der Waals surface area contributed by atoms with Crippen molar-refractivity contribution >= 4 is 6.09 Å². The van der Waals surface area contributed by atoms with Gasteiger partial charge in [0.25, 0.3) is 0 Å². The lowest BCUT2D eigenvalue weighted by atomic mass is 9.85. The zero-order valence-electron chi connectivity index (χ0n) is 15.5. The summed E-state index contributed by atoms with van der Waals surface area (Å²) < 4.78 is 5.66. The van der Waals surface area contributed by atoms with E-state index in [0.717, 1.165) is 34.8 Å². The monoisotopic (exact) mass is 351 g/mol. The maximum atomic E-state index is 11.2. The van der Waals surface area contributed by atoms with Gasteiger partial charge in [-0.05, 0) is 65.0 Å². The molecule has 0 aliphatic heterocycles. The second kappa shape index (κ2) is 6.04. The molecule has 0 heterocycles. The Morgan fingerprint density at radius 2 is 1.88 bits per heavy atom. The van der Waals surface area contributed by atoms with E-state index < -0.39 is 6.09 Å². The molecule has 2 N–H and O–H groups in total. The highest BCUT2D eigenvalue weighted by Gasteiger charge is 2.40. The minimum atomic E-state index is -0.991. The summed E-state index contributed by atoms with van der Waals surface area (Å²) in [4.78, 5) is 11.2. The van der Waals surface area contributed by atoms with Gasteiger partial charge in [-0.15, -0.1) is 0 Å². The summed E-state index contributed by atoms with van der Waals surface area (Å²) in [6.45, 7) is 4.20. The maximum Gasteiger partial charge on any atom is 0.405 e. The molecule has 0 spiro atoms. The van der Waals surface area contributed by atoms with Crippen LogP contribution in [0, 0.1) is 5.41 Å². The molecule has 4 heteroatoms. The normalized spacial score (nSPS) is 20.5. The van der Waals surface area contributed by atoms with Gasteiger partial charge in [-0.2, -0.15) is 0 Å². The number of ether oxygens (including phenoxy) is 1. The Hall–Kier alpha value is -2.49. The average molecular weight is 351 g/mol. The molecule has 2 aliphatic carbocycles. The Morgan fingerprint density at radius 1 is 1.19 bits per heavy atom. The first kappa shape index (κ1) is 17.0. The number of amides is 1. The molecule has 0 saturated heterocycles. The lowest BCUT2D eigenvalue weighted by molar-refractivity contribution is 0.175. The Labute approximate surface area is 154 Å². The van der Waals surface area contributed by atoms with Crippen LogP contribution in [0.3, 0.4) is 0 Å². The molecular weight excluding hydrogens is 326 g/mol. The van der Waals surface area contributed by atoms with Gasteiger partial charge in [-0.1, -0.05) is 38.1 Å². The molecule has 4 rings (SSSR count). The predicted octanol–water partition coefficient (Wildman–Crippen LogP) is 5.13. The molecule has 4 nitrogen and oxygen atoms in total. The number of hydrogen-bond acceptors (Lipinski definition) is 2. The molecule has 1 fully saturated rings. The minimum absolute atomic E-state index is 0.166. The highest BCUT2D eigenvalue weighted by Crippen LogP contribution is 2.49. The molecule has 1 unspecified atom stereocenters. The standard InChI is InChI=1S/C22H25NO3/c1-22(2)12-16-10-17(15-8-6-14(7-9-15)13-4-5-13)19(26-3)11-18(16)20(22)23-21(24)25/h6-11,13,20,23H,4-5,12H2,1-3H3,(H,24,25). The summed E-state index contributed by atoms with van der Waals surface area (Å²) >= 11 is 0. The van der Waals surface area contributed by atoms with Gasteiger partial charge in [0.05, 0.1) is 13.2 Å². The SMILES string of the molecule is COc1cc2c(cc1-c1ccc(C3CC3)cc1)CC(C)(C)C2NC(=O)O. The first-order valence-electron chi connectivity index (χ1n) is 9.19. The van der Waals surface area contributed by atoms with Crippen LogP contribution in [0.4, 0.5) is 4.79 Å². The number of methoxy groups -OCH3 is 1. The van der Waals surface area contributed by atoms with E-state index in [1.807, 2.05) is 6.07 Å². The number of nitrogens with one attached hydrogen (secondary N) is 1. The lowest BCUT2D eigenvalue weighted by Gasteiger charge is -2.27. The average Bonchev–Trinajstić information content (AvgIpc) is 3.41. The maximum absolute atomic E-state index is 11.2. The minimum Gasteiger partial charge on any atom is -0.496 e. The predicted molar refractivity (Wildman–Crippen MR) is 102 cm³/mol. The Kier molecular flexibility index (Phi) is 3.94. The smallest absolute Gasteiger partial charge is 0.405 e. The molecule has 2 aliphatic rings. The van der Waals surface area contributed by atoms with E-state index in [1.165, 1.54) is 24.0 Å². The van der Waals surface area contributed by atoms with Gasteiger partial charge in [0.15, 0.2) is 0 Å². The van der Waals surface area contributed by atoms with Crippen LogP contribution in [-0.2, 0) is 6.42 Å². The molecule has 1 saturated carbocycles. The van der Waals surface area contributed by atoms with Crippen LogP contribution >= 0.6 is 0 Å². The van der Waals surface area contributed by atoms with Crippen LogP contribution in [0.2, 0.25) is 0 Å². The Bertz CT molecular complexity index is 850. The molecule has 26 heavy (non-hydrogen) atoms. The van der Waals surface area contributed by atoms with Gasteiger partial charge < -0.3 is 15.2 Å². The summed E-state index contributed by atoms with van der Waals surface area (Å²) in [6.07, 6.45) is 2.45. The molecule has 1 atom stereocenters. The molecule has 0 aromatic heterocycles. The van der Waals surface area contributed by atoms with E-state index in [2.05, 4.69) is 49.5 Å². The Balaban J connectivity index is 1.75. The lowest BCUT2D eigenvalue weighted by Crippen LogP contribution is -2.34. The van der Waals surface area contributed by atoms with Crippen LogP contribution in [0.1, 0.15) is 55.3 Å². The van der Waals surface area contributed by atoms with Gasteiger partial charge >= 0.3 is 6.09 Å². The molecule has 2 aromatic rings. The van der Waals surface area contributed by atoms with Crippen molar-refractivity contribution in [3.05, 3.63) is 53.1 Å². The van der Waals surface area contributed by atoms with Crippen molar-refractivity contribution in [3.63, 3.8) is 0 Å². The van der Waals surface area contributed by atoms with Gasteiger partial charge in [-0.3, -0.25) is 0 Å². The van der Waals surface area contributed by atoms with Crippen molar-refractivity contribution in [2.24, 2.45) is 5.41 Å². The third-order valence-electron chi connectivity index (χ3n) is 5.74. The third kappa shape index (κ3) is 2.94. The number of carbonyl (C=O) groups is 1. The van der Waals surface area contributed by atoms with Crippen molar-refractivity contribution in [1.82, 2.24) is 5.32 Å². The fourth-order valence-electron chi connectivity index (χ4n) is 4.22. The second-order valence-electron chi connectivity index (χ2n) is 8.20. The number of rotatable bonds is 4. The van der Waals surface area contributed by atoms with Crippen LogP contribution in [-0.4, -0.2) is 18.3 Å². The molecule has 0 bridgehead atoms. The number of fused-ring (bicyclic) bond motifs is 1. The van der Waals surface area contributed by atoms with Crippen LogP contribution < -0.4 is 10.1 Å². The zero-order valence-corrected chi connectivity index (χ0v) is 15.5. The van der Waals surface area contributed by atoms with Crippen molar-refractivity contribution in [2.45, 2.75) is 45.1 Å². The van der Waals surface area contributed by atoms with Crippen molar-refractivity contribution in [3.8, 4) is 16.9 Å². The van der Waals surface area contributed by atoms with Crippen molar-refractivity contribution < 1.29 is 14.6 Å². The summed E-state index contributed by atoms with van der Waals surface area (Å²) in [5.74, 6) is 1.53. The largest absolute Gasteiger partial charge is 0.496 e. The van der Waals surface area contributed by atoms with E-state index >= 15 is 0 Å². The molecule has 2 aromatic carbocycles. The Morgan fingerprint density at radius 3 is 2.46 bits per heavy atom. The van der Waals surface area contributed by atoms with Crippen molar-refractivity contribution in [2.75, 3.05) is 7.11 Å². The quantitative estimate of drug-likeness (QED) is 0.803. The van der Waals surface area contributed by atoms with Crippen LogP contribution in [0.5, 0.6) is 5.75 Å². The number of benzene rings is 2. The second-order valence-corrected chi connectivity index (χ2v) is 8.20. The van der Waals surface area contributed by atoms with E-state index in [4.69, 9.17) is 4.74 Å². The molecule has 136 valence electrons. The number of carboxylic acid groups (broad SMARTS) is 1. The zero-order chi connectivity index (χ0) is 18.5. The van der Waals surface area contributed by atoms with Gasteiger partial charge in [0, 0.05) is 5.56 Å². The third-order valence-corrected chi connectivity index (χ3v) is 5.74. The summed E-state index contributed by atoms with van der Waals surface area (Å²) in [5, 5.41) is 11.9. The van der Waals surface area contributed by atoms with Crippen LogP contribution in [0.25, 0.3) is 11.1 Å². The van der Waals surface area contributed by atoms with E-state index in [9.17, 15) is 9.90 Å². The summed E-state index contributed by atoms with van der Waals surface area (Å²) in [7, 11) is 1.67. The molecule has 1 amide bonds.